The molecule has 2 aromatic heterocycles. The van der Waals surface area contributed by atoms with Crippen molar-refractivity contribution in [3.63, 3.8) is 0 Å². The van der Waals surface area contributed by atoms with E-state index in [1.807, 2.05) is 60.8 Å². The zero-order valence-corrected chi connectivity index (χ0v) is 18.0. The normalized spacial score (nSPS) is 14.2. The van der Waals surface area contributed by atoms with Crippen molar-refractivity contribution in [1.29, 1.82) is 0 Å². The molecule has 0 spiro atoms. The number of hydrogen-bond acceptors (Lipinski definition) is 5. The van der Waals surface area contributed by atoms with Gasteiger partial charge in [0.05, 0.1) is 13.2 Å². The molecule has 1 fully saturated rings. The summed E-state index contributed by atoms with van der Waals surface area (Å²) in [4.78, 5) is 21.0. The highest BCUT2D eigenvalue weighted by Crippen LogP contribution is 2.29. The molecule has 1 N–H and O–H groups in total. The van der Waals surface area contributed by atoms with Crippen molar-refractivity contribution < 1.29 is 9.53 Å². The maximum Gasteiger partial charge on any atom is 0.244 e. The Bertz CT molecular complexity index is 1010. The van der Waals surface area contributed by atoms with Crippen LogP contribution in [-0.4, -0.2) is 37.2 Å². The lowest BCUT2D eigenvalue weighted by Crippen LogP contribution is -2.36. The third kappa shape index (κ3) is 5.48. The summed E-state index contributed by atoms with van der Waals surface area (Å²) in [5.41, 5.74) is 2.08. The smallest absolute Gasteiger partial charge is 0.244 e. The fourth-order valence-corrected chi connectivity index (χ4v) is 4.16. The van der Waals surface area contributed by atoms with Crippen LogP contribution in [0.2, 0.25) is 5.02 Å². The number of nitrogens with one attached hydrogen (secondary N) is 1. The summed E-state index contributed by atoms with van der Waals surface area (Å²) >= 11 is 7.57. The average molecular weight is 440 g/mol. The van der Waals surface area contributed by atoms with Gasteiger partial charge in [0, 0.05) is 46.7 Å². The predicted molar refractivity (Wildman–Crippen MR) is 123 cm³/mol. The molecule has 30 heavy (non-hydrogen) atoms. The molecule has 0 unspecified atom stereocenters. The van der Waals surface area contributed by atoms with Gasteiger partial charge >= 0.3 is 0 Å². The molecule has 7 heteroatoms. The first-order valence-electron chi connectivity index (χ1n) is 9.77. The van der Waals surface area contributed by atoms with Crippen LogP contribution in [0, 0.1) is 0 Å². The van der Waals surface area contributed by atoms with Gasteiger partial charge < -0.3 is 15.0 Å². The average Bonchev–Trinajstić information content (AvgIpc) is 3.27. The molecule has 1 aliphatic rings. The first kappa shape index (κ1) is 20.6. The number of thiophene rings is 1. The summed E-state index contributed by atoms with van der Waals surface area (Å²) in [6.45, 7) is 3.63. The molecule has 0 atom stereocenters. The number of ether oxygens (including phenoxy) is 1. The second kappa shape index (κ2) is 9.89. The van der Waals surface area contributed by atoms with Gasteiger partial charge in [-0.3, -0.25) is 4.79 Å². The van der Waals surface area contributed by atoms with E-state index in [0.717, 1.165) is 58.0 Å². The molecule has 154 valence electrons. The van der Waals surface area contributed by atoms with Crippen molar-refractivity contribution in [3.8, 4) is 10.4 Å². The minimum absolute atomic E-state index is 0.131. The van der Waals surface area contributed by atoms with Crippen molar-refractivity contribution in [2.24, 2.45) is 0 Å². The Hall–Kier alpha value is -2.67. The Labute approximate surface area is 185 Å². The van der Waals surface area contributed by atoms with Crippen LogP contribution in [0.25, 0.3) is 16.5 Å². The van der Waals surface area contributed by atoms with Crippen LogP contribution in [0.15, 0.2) is 60.8 Å². The highest BCUT2D eigenvalue weighted by Gasteiger charge is 2.12. The summed E-state index contributed by atoms with van der Waals surface area (Å²) in [6.07, 6.45) is 5.21. The highest BCUT2D eigenvalue weighted by molar-refractivity contribution is 7.16. The van der Waals surface area contributed by atoms with Crippen molar-refractivity contribution in [2.45, 2.75) is 6.54 Å². The molecule has 0 aliphatic carbocycles. The number of morpholine rings is 1. The fourth-order valence-electron chi connectivity index (χ4n) is 3.12. The zero-order valence-electron chi connectivity index (χ0n) is 16.4. The van der Waals surface area contributed by atoms with Crippen molar-refractivity contribution in [2.75, 3.05) is 31.2 Å². The van der Waals surface area contributed by atoms with Gasteiger partial charge in [-0.2, -0.15) is 0 Å². The van der Waals surface area contributed by atoms with Crippen LogP contribution in [0.3, 0.4) is 0 Å². The number of carbonyl (C=O) groups excluding carboxylic acids is 1. The molecule has 1 aliphatic heterocycles. The second-order valence-corrected chi connectivity index (χ2v) is 8.44. The molecule has 0 saturated carbocycles. The summed E-state index contributed by atoms with van der Waals surface area (Å²) in [6, 6.07) is 15.8. The van der Waals surface area contributed by atoms with Gasteiger partial charge in [-0.15, -0.1) is 11.3 Å². The number of hydrogen-bond donors (Lipinski definition) is 1. The Morgan fingerprint density at radius 2 is 1.93 bits per heavy atom. The highest BCUT2D eigenvalue weighted by atomic mass is 35.5. The minimum Gasteiger partial charge on any atom is -0.378 e. The monoisotopic (exact) mass is 439 g/mol. The fraction of sp³-hybridized carbons (Fsp3) is 0.217. The topological polar surface area (TPSA) is 54.5 Å². The molecule has 3 aromatic rings. The van der Waals surface area contributed by atoms with Crippen LogP contribution >= 0.6 is 22.9 Å². The van der Waals surface area contributed by atoms with Gasteiger partial charge in [-0.25, -0.2) is 4.98 Å². The Morgan fingerprint density at radius 3 is 2.67 bits per heavy atom. The van der Waals surface area contributed by atoms with Crippen LogP contribution in [0.5, 0.6) is 0 Å². The van der Waals surface area contributed by atoms with Crippen molar-refractivity contribution in [1.82, 2.24) is 10.3 Å². The van der Waals surface area contributed by atoms with Crippen LogP contribution < -0.4 is 10.2 Å². The lowest BCUT2D eigenvalue weighted by molar-refractivity contribution is -0.116. The SMILES string of the molecule is O=C(/C=C/c1ccc(-c2ccc(Cl)cc2)s1)NCc1ccc(N2CCOCC2)nc1. The first-order chi connectivity index (χ1) is 14.7. The molecule has 1 aromatic carbocycles. The number of benzene rings is 1. The number of halogens is 1. The largest absolute Gasteiger partial charge is 0.378 e. The number of aromatic nitrogens is 1. The van der Waals surface area contributed by atoms with Crippen LogP contribution in [0.4, 0.5) is 5.82 Å². The van der Waals surface area contributed by atoms with Crippen LogP contribution in [0.1, 0.15) is 10.4 Å². The number of rotatable bonds is 6. The van der Waals surface area contributed by atoms with Gasteiger partial charge in [0.15, 0.2) is 0 Å². The maximum absolute atomic E-state index is 12.2. The van der Waals surface area contributed by atoms with Gasteiger partial charge in [-0.1, -0.05) is 29.8 Å². The van der Waals surface area contributed by atoms with Crippen molar-refractivity contribution in [3.05, 3.63) is 76.3 Å². The van der Waals surface area contributed by atoms with Gasteiger partial charge in [-0.05, 0) is 47.5 Å². The Balaban J connectivity index is 1.28. The summed E-state index contributed by atoms with van der Waals surface area (Å²) in [7, 11) is 0. The third-order valence-corrected chi connectivity index (χ3v) is 6.12. The number of carbonyl (C=O) groups is 1. The summed E-state index contributed by atoms with van der Waals surface area (Å²) in [5, 5.41) is 3.62. The first-order valence-corrected chi connectivity index (χ1v) is 11.0. The molecular formula is C23H22ClN3O2S. The van der Waals surface area contributed by atoms with E-state index in [1.165, 1.54) is 0 Å². The number of amides is 1. The maximum atomic E-state index is 12.2. The van der Waals surface area contributed by atoms with E-state index in [-0.39, 0.29) is 5.91 Å². The number of nitrogens with zero attached hydrogens (tertiary/aromatic N) is 2. The van der Waals surface area contributed by atoms with E-state index < -0.39 is 0 Å². The number of anilines is 1. The molecule has 0 radical (unpaired) electrons. The van der Waals surface area contributed by atoms with E-state index in [2.05, 4.69) is 15.2 Å². The molecule has 0 bridgehead atoms. The Morgan fingerprint density at radius 1 is 1.13 bits per heavy atom. The molecule has 1 amide bonds. The van der Waals surface area contributed by atoms with E-state index >= 15 is 0 Å². The molecular weight excluding hydrogens is 418 g/mol. The lowest BCUT2D eigenvalue weighted by atomic mass is 10.2. The van der Waals surface area contributed by atoms with Gasteiger partial charge in [0.2, 0.25) is 5.91 Å². The second-order valence-electron chi connectivity index (χ2n) is 6.88. The predicted octanol–water partition coefficient (Wildman–Crippen LogP) is 4.63. The molecule has 4 rings (SSSR count). The summed E-state index contributed by atoms with van der Waals surface area (Å²) < 4.78 is 5.37. The third-order valence-electron chi connectivity index (χ3n) is 4.77. The van der Waals surface area contributed by atoms with E-state index in [0.29, 0.717) is 6.54 Å². The number of pyridine rings is 1. The van der Waals surface area contributed by atoms with E-state index in [1.54, 1.807) is 17.4 Å². The standard InChI is InChI=1S/C23H22ClN3O2S/c24-19-4-2-18(3-5-19)21-8-6-20(30-21)7-10-23(28)26-16-17-1-9-22(25-15-17)27-11-13-29-14-12-27/h1-10,15H,11-14,16H2,(H,26,28)/b10-7+. The Kier molecular flexibility index (Phi) is 6.79. The lowest BCUT2D eigenvalue weighted by Gasteiger charge is -2.27. The van der Waals surface area contributed by atoms with Crippen molar-refractivity contribution >= 4 is 40.7 Å². The van der Waals surface area contributed by atoms with Gasteiger partial charge in [0.1, 0.15) is 5.82 Å². The van der Waals surface area contributed by atoms with E-state index in [9.17, 15) is 4.79 Å². The minimum atomic E-state index is -0.131. The molecule has 3 heterocycles. The zero-order chi connectivity index (χ0) is 20.8. The van der Waals surface area contributed by atoms with E-state index in [4.69, 9.17) is 16.3 Å². The molecule has 5 nitrogen and oxygen atoms in total. The summed E-state index contributed by atoms with van der Waals surface area (Å²) in [5.74, 6) is 0.816. The molecule has 1 saturated heterocycles. The van der Waals surface area contributed by atoms with Gasteiger partial charge in [0.25, 0.3) is 0 Å². The van der Waals surface area contributed by atoms with Crippen LogP contribution in [-0.2, 0) is 16.1 Å². The quantitative estimate of drug-likeness (QED) is 0.569.